The molecule has 3 rings (SSSR count). The number of alkyl halides is 1. The Kier molecular flexibility index (Phi) is 3.63. The number of hydrogen-bond acceptors (Lipinski definition) is 1. The zero-order valence-electron chi connectivity index (χ0n) is 10.3. The summed E-state index contributed by atoms with van der Waals surface area (Å²) in [4.78, 5) is 11.4. The van der Waals surface area contributed by atoms with Crippen molar-refractivity contribution in [1.29, 1.82) is 0 Å². The van der Waals surface area contributed by atoms with Crippen LogP contribution in [0.2, 0.25) is 10.0 Å². The fourth-order valence-electron chi connectivity index (χ4n) is 2.27. The second-order valence-corrected chi connectivity index (χ2v) is 5.95. The number of carbonyl (C=O) groups is 1. The third-order valence-electron chi connectivity index (χ3n) is 3.28. The predicted molar refractivity (Wildman–Crippen MR) is 82.9 cm³/mol. The Morgan fingerprint density at radius 1 is 1.10 bits per heavy atom. The highest BCUT2D eigenvalue weighted by atomic mass is 35.5. The van der Waals surface area contributed by atoms with Crippen LogP contribution in [0.5, 0.6) is 0 Å². The van der Waals surface area contributed by atoms with Crippen molar-refractivity contribution in [2.75, 3.05) is 5.32 Å². The Morgan fingerprint density at radius 3 is 2.50 bits per heavy atom. The van der Waals surface area contributed by atoms with Crippen LogP contribution in [-0.4, -0.2) is 5.91 Å². The predicted octanol–water partition coefficient (Wildman–Crippen LogP) is 4.82. The molecular formula is C15H10Cl3NO. The van der Waals surface area contributed by atoms with E-state index in [1.807, 2.05) is 18.2 Å². The quantitative estimate of drug-likeness (QED) is 0.788. The largest absolute Gasteiger partial charge is 0.325 e. The average Bonchev–Trinajstić information content (AvgIpc) is 2.77. The fourth-order valence-corrected chi connectivity index (χ4v) is 3.05. The van der Waals surface area contributed by atoms with Gasteiger partial charge in [-0.2, -0.15) is 0 Å². The molecule has 1 heterocycles. The van der Waals surface area contributed by atoms with Gasteiger partial charge in [-0.15, -0.1) is 11.6 Å². The number of amides is 1. The van der Waals surface area contributed by atoms with Crippen molar-refractivity contribution < 1.29 is 4.79 Å². The van der Waals surface area contributed by atoms with Gasteiger partial charge in [-0.1, -0.05) is 35.3 Å². The maximum absolute atomic E-state index is 11.4. The molecule has 2 aromatic carbocycles. The molecule has 0 radical (unpaired) electrons. The Labute approximate surface area is 131 Å². The first-order valence-corrected chi connectivity index (χ1v) is 7.25. The van der Waals surface area contributed by atoms with E-state index < -0.39 is 0 Å². The van der Waals surface area contributed by atoms with Crippen molar-refractivity contribution in [2.45, 2.75) is 11.8 Å². The van der Waals surface area contributed by atoms with E-state index in [1.54, 1.807) is 18.2 Å². The fraction of sp³-hybridized carbons (Fsp3) is 0.133. The van der Waals surface area contributed by atoms with Gasteiger partial charge in [0.2, 0.25) is 5.91 Å². The van der Waals surface area contributed by atoms with Crippen LogP contribution >= 0.6 is 34.8 Å². The summed E-state index contributed by atoms with van der Waals surface area (Å²) in [6.07, 6.45) is 0.365. The summed E-state index contributed by atoms with van der Waals surface area (Å²) >= 11 is 18.6. The van der Waals surface area contributed by atoms with Crippen molar-refractivity contribution in [2.24, 2.45) is 0 Å². The van der Waals surface area contributed by atoms with Gasteiger partial charge in [0, 0.05) is 15.7 Å². The molecule has 2 aromatic rings. The molecule has 0 bridgehead atoms. The molecule has 1 amide bonds. The summed E-state index contributed by atoms with van der Waals surface area (Å²) in [5.74, 6) is -0.0224. The molecule has 1 aliphatic rings. The minimum Gasteiger partial charge on any atom is -0.325 e. The lowest BCUT2D eigenvalue weighted by molar-refractivity contribution is -0.115. The van der Waals surface area contributed by atoms with E-state index in [-0.39, 0.29) is 11.3 Å². The minimum absolute atomic E-state index is 0.0224. The van der Waals surface area contributed by atoms with Gasteiger partial charge < -0.3 is 5.32 Å². The van der Waals surface area contributed by atoms with Gasteiger partial charge in [-0.25, -0.2) is 0 Å². The zero-order chi connectivity index (χ0) is 14.3. The van der Waals surface area contributed by atoms with E-state index in [1.165, 1.54) is 0 Å². The van der Waals surface area contributed by atoms with E-state index in [0.717, 1.165) is 22.4 Å². The monoisotopic (exact) mass is 325 g/mol. The van der Waals surface area contributed by atoms with E-state index in [2.05, 4.69) is 5.32 Å². The Bertz CT molecular complexity index is 682. The van der Waals surface area contributed by atoms with Crippen LogP contribution in [0.3, 0.4) is 0 Å². The molecule has 1 aliphatic heterocycles. The van der Waals surface area contributed by atoms with Crippen molar-refractivity contribution in [3.8, 4) is 0 Å². The highest BCUT2D eigenvalue weighted by Crippen LogP contribution is 2.38. The van der Waals surface area contributed by atoms with E-state index in [0.29, 0.717) is 16.5 Å². The SMILES string of the molecule is O=C1Cc2cc(C(Cl)c3ccc(Cl)cc3)c(Cl)cc2N1. The van der Waals surface area contributed by atoms with E-state index in [4.69, 9.17) is 34.8 Å². The lowest BCUT2D eigenvalue weighted by atomic mass is 10.0. The highest BCUT2D eigenvalue weighted by Gasteiger charge is 2.22. The van der Waals surface area contributed by atoms with E-state index >= 15 is 0 Å². The standard InChI is InChI=1S/C15H10Cl3NO/c16-10-3-1-8(2-4-10)15(18)11-5-9-6-14(20)19-13(9)7-12(11)17/h1-5,7,15H,6H2,(H,19,20). The Hall–Kier alpha value is -1.22. The van der Waals surface area contributed by atoms with Crippen LogP contribution in [-0.2, 0) is 11.2 Å². The second-order valence-electron chi connectivity index (χ2n) is 4.67. The van der Waals surface area contributed by atoms with E-state index in [9.17, 15) is 4.79 Å². The topological polar surface area (TPSA) is 29.1 Å². The van der Waals surface area contributed by atoms with Crippen molar-refractivity contribution in [3.63, 3.8) is 0 Å². The molecule has 0 fully saturated rings. The Morgan fingerprint density at radius 2 is 1.80 bits per heavy atom. The first-order valence-electron chi connectivity index (χ1n) is 6.06. The number of nitrogens with one attached hydrogen (secondary N) is 1. The number of fused-ring (bicyclic) bond motifs is 1. The van der Waals surface area contributed by atoms with Crippen molar-refractivity contribution >= 4 is 46.4 Å². The Balaban J connectivity index is 2.00. The molecule has 20 heavy (non-hydrogen) atoms. The maximum atomic E-state index is 11.4. The highest BCUT2D eigenvalue weighted by molar-refractivity contribution is 6.33. The molecule has 1 atom stereocenters. The van der Waals surface area contributed by atoms with Gasteiger partial charge in [0.1, 0.15) is 0 Å². The number of halogens is 3. The van der Waals surface area contributed by atoms with Gasteiger partial charge in [-0.05, 0) is 41.0 Å². The number of hydrogen-bond donors (Lipinski definition) is 1. The molecular weight excluding hydrogens is 317 g/mol. The van der Waals surface area contributed by atoms with Crippen LogP contribution in [0.4, 0.5) is 5.69 Å². The molecule has 5 heteroatoms. The smallest absolute Gasteiger partial charge is 0.228 e. The molecule has 102 valence electrons. The third-order valence-corrected chi connectivity index (χ3v) is 4.35. The molecule has 1 N–H and O–H groups in total. The van der Waals surface area contributed by atoms with Crippen LogP contribution in [0, 0.1) is 0 Å². The number of anilines is 1. The summed E-state index contributed by atoms with van der Waals surface area (Å²) in [5, 5.41) is 3.60. The summed E-state index contributed by atoms with van der Waals surface area (Å²) in [6, 6.07) is 11.0. The number of carbonyl (C=O) groups excluding carboxylic acids is 1. The van der Waals surface area contributed by atoms with Crippen molar-refractivity contribution in [3.05, 3.63) is 63.1 Å². The maximum Gasteiger partial charge on any atom is 0.228 e. The van der Waals surface area contributed by atoms with Gasteiger partial charge in [0.05, 0.1) is 11.8 Å². The van der Waals surface area contributed by atoms with Crippen LogP contribution < -0.4 is 5.32 Å². The van der Waals surface area contributed by atoms with Crippen LogP contribution in [0.15, 0.2) is 36.4 Å². The normalized spacial score (nSPS) is 14.8. The molecule has 0 saturated heterocycles. The lowest BCUT2D eigenvalue weighted by Crippen LogP contribution is -2.03. The van der Waals surface area contributed by atoms with Gasteiger partial charge >= 0.3 is 0 Å². The summed E-state index contributed by atoms with van der Waals surface area (Å²) < 4.78 is 0. The molecule has 0 spiro atoms. The first kappa shape index (κ1) is 13.7. The average molecular weight is 327 g/mol. The van der Waals surface area contributed by atoms with Crippen molar-refractivity contribution in [1.82, 2.24) is 0 Å². The van der Waals surface area contributed by atoms with Crippen LogP contribution in [0.1, 0.15) is 22.1 Å². The van der Waals surface area contributed by atoms with Gasteiger partial charge in [0.15, 0.2) is 0 Å². The summed E-state index contributed by atoms with van der Waals surface area (Å²) in [7, 11) is 0. The summed E-state index contributed by atoms with van der Waals surface area (Å²) in [5.41, 5.74) is 3.40. The molecule has 0 aromatic heterocycles. The molecule has 1 unspecified atom stereocenters. The van der Waals surface area contributed by atoms with Gasteiger partial charge in [-0.3, -0.25) is 4.79 Å². The molecule has 0 saturated carbocycles. The summed E-state index contributed by atoms with van der Waals surface area (Å²) in [6.45, 7) is 0. The third kappa shape index (κ3) is 2.51. The second kappa shape index (κ2) is 5.28. The molecule has 2 nitrogen and oxygen atoms in total. The zero-order valence-corrected chi connectivity index (χ0v) is 12.6. The minimum atomic E-state index is -0.374. The number of benzene rings is 2. The van der Waals surface area contributed by atoms with Gasteiger partial charge in [0.25, 0.3) is 0 Å². The molecule has 0 aliphatic carbocycles. The van der Waals surface area contributed by atoms with Crippen LogP contribution in [0.25, 0.3) is 0 Å². The first-order chi connectivity index (χ1) is 9.54. The number of rotatable bonds is 2. The lowest BCUT2D eigenvalue weighted by Gasteiger charge is -2.14.